The topological polar surface area (TPSA) is 26.3 Å². The summed E-state index contributed by atoms with van der Waals surface area (Å²) in [4.78, 5) is 11.5. The summed E-state index contributed by atoms with van der Waals surface area (Å²) in [6.07, 6.45) is -4.36. The van der Waals surface area contributed by atoms with Gasteiger partial charge in [0, 0.05) is 0 Å². The van der Waals surface area contributed by atoms with Gasteiger partial charge in [-0.05, 0) is 0 Å². The van der Waals surface area contributed by atoms with Crippen LogP contribution in [0, 0.1) is 0 Å². The van der Waals surface area contributed by atoms with Gasteiger partial charge >= 0.3 is 107 Å². The van der Waals surface area contributed by atoms with E-state index in [2.05, 4.69) is 0 Å². The molecule has 1 heterocycles. The summed E-state index contributed by atoms with van der Waals surface area (Å²) in [5, 5.41) is 0.466. The third-order valence-corrected chi connectivity index (χ3v) is 4.62. The molecule has 6 heteroatoms. The van der Waals surface area contributed by atoms with E-state index in [1.807, 2.05) is 0 Å². The van der Waals surface area contributed by atoms with Crippen molar-refractivity contribution in [2.24, 2.45) is 0 Å². The van der Waals surface area contributed by atoms with E-state index >= 15 is 0 Å². The Labute approximate surface area is 107 Å². The molecule has 0 N–H and O–H groups in total. The maximum atomic E-state index is 12.5. The van der Waals surface area contributed by atoms with Crippen LogP contribution in [0.25, 0.3) is 9.65 Å². The molecule has 0 aliphatic carbocycles. The third kappa shape index (κ3) is 2.60. The molecule has 0 saturated carbocycles. The Balaban J connectivity index is 2.43. The van der Waals surface area contributed by atoms with E-state index in [0.717, 1.165) is 16.4 Å². The molecule has 2 rings (SSSR count). The zero-order chi connectivity index (χ0) is 13.3. The van der Waals surface area contributed by atoms with Gasteiger partial charge in [0.15, 0.2) is 0 Å². The van der Waals surface area contributed by atoms with Crippen molar-refractivity contribution in [2.75, 3.05) is 6.61 Å². The molecule has 2 nitrogen and oxygen atoms in total. The number of rotatable bonds is 2. The van der Waals surface area contributed by atoms with Crippen LogP contribution in [0.4, 0.5) is 13.2 Å². The molecule has 18 heavy (non-hydrogen) atoms. The van der Waals surface area contributed by atoms with Gasteiger partial charge in [0.1, 0.15) is 0 Å². The van der Waals surface area contributed by atoms with Gasteiger partial charge in [-0.25, -0.2) is 0 Å². The number of ether oxygens (including phenoxy) is 1. The Hall–Kier alpha value is -1.26. The fourth-order valence-corrected chi connectivity index (χ4v) is 3.49. The summed E-state index contributed by atoms with van der Waals surface area (Å²) >= 11 is -0.272. The number of alkyl halides is 3. The molecule has 1 aromatic heterocycles. The van der Waals surface area contributed by atoms with Gasteiger partial charge in [0.2, 0.25) is 0 Å². The first-order valence-electron chi connectivity index (χ1n) is 5.19. The zero-order valence-electron chi connectivity index (χ0n) is 9.38. The summed E-state index contributed by atoms with van der Waals surface area (Å²) in [7, 11) is 0. The minimum atomic E-state index is -4.36. The molecular weight excluding hydrogens is 312 g/mol. The average molecular weight is 321 g/mol. The van der Waals surface area contributed by atoms with Gasteiger partial charge in [0.05, 0.1) is 0 Å². The summed E-state index contributed by atoms with van der Waals surface area (Å²) in [6.45, 7) is 1.95. The van der Waals surface area contributed by atoms with Crippen molar-refractivity contribution in [3.63, 3.8) is 0 Å². The molecule has 0 radical (unpaired) electrons. The fourth-order valence-electron chi connectivity index (χ4n) is 1.52. The summed E-state index contributed by atoms with van der Waals surface area (Å²) in [5.41, 5.74) is -0.696. The van der Waals surface area contributed by atoms with E-state index in [1.54, 1.807) is 6.92 Å². The summed E-state index contributed by atoms with van der Waals surface area (Å²) in [5.74, 6) is -0.442. The van der Waals surface area contributed by atoms with E-state index in [1.165, 1.54) is 12.1 Å². The van der Waals surface area contributed by atoms with Crippen LogP contribution in [-0.2, 0) is 10.9 Å². The Morgan fingerprint density at radius 3 is 2.67 bits per heavy atom. The first-order chi connectivity index (χ1) is 8.41. The third-order valence-electron chi connectivity index (χ3n) is 2.32. The van der Waals surface area contributed by atoms with Crippen LogP contribution in [0.5, 0.6) is 0 Å². The van der Waals surface area contributed by atoms with E-state index in [0.29, 0.717) is 9.82 Å². The number of carbonyl (C=O) groups excluding carboxylic acids is 1. The predicted octanol–water partition coefficient (Wildman–Crippen LogP) is 3.09. The van der Waals surface area contributed by atoms with Crippen molar-refractivity contribution >= 4 is 30.1 Å². The normalized spacial score (nSPS) is 11.8. The van der Waals surface area contributed by atoms with Crippen molar-refractivity contribution in [3.05, 3.63) is 34.3 Å². The summed E-state index contributed by atoms with van der Waals surface area (Å²) < 4.78 is 43.7. The van der Waals surface area contributed by atoms with E-state index in [9.17, 15) is 18.0 Å². The van der Waals surface area contributed by atoms with Gasteiger partial charge in [0.25, 0.3) is 0 Å². The Kier molecular flexibility index (Phi) is 3.50. The van der Waals surface area contributed by atoms with Crippen molar-refractivity contribution in [3.8, 4) is 0 Å². The monoisotopic (exact) mass is 322 g/mol. The van der Waals surface area contributed by atoms with Crippen LogP contribution >= 0.6 is 0 Å². The Morgan fingerprint density at radius 2 is 2.06 bits per heavy atom. The molecule has 0 saturated heterocycles. The second-order valence-electron chi connectivity index (χ2n) is 3.58. The Morgan fingerprint density at radius 1 is 1.33 bits per heavy atom. The number of halogens is 3. The van der Waals surface area contributed by atoms with E-state index < -0.39 is 17.7 Å². The number of esters is 1. The average Bonchev–Trinajstić information content (AvgIpc) is 2.70. The van der Waals surface area contributed by atoms with Crippen molar-refractivity contribution < 1.29 is 22.7 Å². The second kappa shape index (κ2) is 4.78. The maximum absolute atomic E-state index is 12.5. The second-order valence-corrected chi connectivity index (χ2v) is 5.86. The standard InChI is InChI=1S/C12H9F3O2Se/c1-2-17-11(16)10-6-7-5-8(12(13,14)15)3-4-9(7)18-10/h3-6H,2H2,1H3. The van der Waals surface area contributed by atoms with Crippen LogP contribution in [0.1, 0.15) is 21.7 Å². The molecule has 0 atom stereocenters. The number of hydrogen-bond donors (Lipinski definition) is 0. The van der Waals surface area contributed by atoms with Gasteiger partial charge < -0.3 is 0 Å². The first kappa shape index (κ1) is 13.2. The molecule has 1 aromatic carbocycles. The number of fused-ring (bicyclic) bond motifs is 1. The molecule has 0 fully saturated rings. The number of hydrogen-bond acceptors (Lipinski definition) is 2. The minimum absolute atomic E-state index is 0.260. The SMILES string of the molecule is CCOC(=O)c1cc2cc(C(F)(F)F)ccc2[se]1. The van der Waals surface area contributed by atoms with Crippen LogP contribution in [-0.4, -0.2) is 27.1 Å². The van der Waals surface area contributed by atoms with Gasteiger partial charge in [-0.15, -0.1) is 0 Å². The van der Waals surface area contributed by atoms with Gasteiger partial charge in [-0.1, -0.05) is 0 Å². The molecule has 2 aromatic rings. The van der Waals surface area contributed by atoms with Crippen LogP contribution < -0.4 is 0 Å². The van der Waals surface area contributed by atoms with Crippen molar-refractivity contribution in [1.29, 1.82) is 0 Å². The van der Waals surface area contributed by atoms with Crippen molar-refractivity contribution in [1.82, 2.24) is 0 Å². The Bertz CT molecular complexity index is 587. The zero-order valence-corrected chi connectivity index (χ0v) is 11.1. The molecule has 0 amide bonds. The van der Waals surface area contributed by atoms with E-state index in [4.69, 9.17) is 4.74 Å². The van der Waals surface area contributed by atoms with Gasteiger partial charge in [-0.2, -0.15) is 0 Å². The molecule has 0 aliphatic rings. The van der Waals surface area contributed by atoms with E-state index in [-0.39, 0.29) is 21.1 Å². The molecular formula is C12H9F3O2Se. The number of carbonyl (C=O) groups is 1. The molecule has 96 valence electrons. The predicted molar refractivity (Wildman–Crippen MR) is 61.8 cm³/mol. The van der Waals surface area contributed by atoms with Crippen LogP contribution in [0.2, 0.25) is 0 Å². The van der Waals surface area contributed by atoms with Crippen LogP contribution in [0.3, 0.4) is 0 Å². The molecule has 0 spiro atoms. The summed E-state index contributed by atoms with van der Waals surface area (Å²) in [6, 6.07) is 5.04. The van der Waals surface area contributed by atoms with Crippen molar-refractivity contribution in [2.45, 2.75) is 13.1 Å². The van der Waals surface area contributed by atoms with Crippen LogP contribution in [0.15, 0.2) is 24.3 Å². The molecule has 0 unspecified atom stereocenters. The van der Waals surface area contributed by atoms with Gasteiger partial charge in [-0.3, -0.25) is 0 Å². The fraction of sp³-hybridized carbons (Fsp3) is 0.250. The first-order valence-corrected chi connectivity index (χ1v) is 6.91. The quantitative estimate of drug-likeness (QED) is 0.628. The molecule has 0 bridgehead atoms. The molecule has 0 aliphatic heterocycles. The number of benzene rings is 1.